The van der Waals surface area contributed by atoms with Crippen LogP contribution in [0.25, 0.3) is 16.9 Å². The van der Waals surface area contributed by atoms with Crippen LogP contribution in [0.2, 0.25) is 0 Å². The van der Waals surface area contributed by atoms with Crippen LogP contribution in [0.1, 0.15) is 5.69 Å². The molecule has 7 heteroatoms. The predicted molar refractivity (Wildman–Crippen MR) is 76.2 cm³/mol. The maximum atomic E-state index is 13.5. The van der Waals surface area contributed by atoms with Crippen molar-refractivity contribution in [2.75, 3.05) is 0 Å². The normalized spacial score (nSPS) is 10.9. The summed E-state index contributed by atoms with van der Waals surface area (Å²) in [5, 5.41) is 7.79. The van der Waals surface area contributed by atoms with Gasteiger partial charge in [0.05, 0.1) is 17.3 Å². The van der Waals surface area contributed by atoms with E-state index in [0.717, 1.165) is 18.2 Å². The summed E-state index contributed by atoms with van der Waals surface area (Å²) in [4.78, 5) is 0. The third-order valence-corrected chi connectivity index (χ3v) is 3.31. The molecule has 0 aliphatic heterocycles. The topological polar surface area (TPSA) is 30.7 Å². The number of hydrogen-bond acceptors (Lipinski definition) is 2. The van der Waals surface area contributed by atoms with Crippen LogP contribution in [0.15, 0.2) is 42.5 Å². The fourth-order valence-electron chi connectivity index (χ4n) is 2.17. The summed E-state index contributed by atoms with van der Waals surface area (Å²) < 4.78 is 41.6. The first-order chi connectivity index (χ1) is 10.6. The number of nitrogens with zero attached hydrogens (tertiary/aromatic N) is 3. The van der Waals surface area contributed by atoms with Crippen molar-refractivity contribution < 1.29 is 13.2 Å². The lowest BCUT2D eigenvalue weighted by Gasteiger charge is -2.08. The molecule has 0 aliphatic rings. The monoisotopic (exact) mass is 323 g/mol. The fourth-order valence-corrected chi connectivity index (χ4v) is 2.35. The van der Waals surface area contributed by atoms with Crippen molar-refractivity contribution in [2.45, 2.75) is 5.88 Å². The molecule has 0 saturated carbocycles. The lowest BCUT2D eigenvalue weighted by molar-refractivity contribution is 0.584. The van der Waals surface area contributed by atoms with E-state index in [1.807, 2.05) is 0 Å². The molecule has 1 heterocycles. The molecule has 0 radical (unpaired) electrons. The van der Waals surface area contributed by atoms with Gasteiger partial charge in [-0.25, -0.2) is 17.9 Å². The Balaban J connectivity index is 2.24. The van der Waals surface area contributed by atoms with Crippen molar-refractivity contribution in [1.29, 1.82) is 0 Å². The van der Waals surface area contributed by atoms with Crippen LogP contribution in [-0.2, 0) is 5.88 Å². The Morgan fingerprint density at radius 1 is 0.955 bits per heavy atom. The minimum Gasteiger partial charge on any atom is -0.212 e. The Morgan fingerprint density at radius 3 is 2.32 bits per heavy atom. The summed E-state index contributed by atoms with van der Waals surface area (Å²) in [5.74, 6) is -1.93. The minimum absolute atomic E-state index is 0.00276. The molecule has 0 spiro atoms. The van der Waals surface area contributed by atoms with Crippen molar-refractivity contribution in [3.63, 3.8) is 0 Å². The highest BCUT2D eigenvalue weighted by Crippen LogP contribution is 2.27. The Kier molecular flexibility index (Phi) is 3.85. The Morgan fingerprint density at radius 2 is 1.68 bits per heavy atom. The van der Waals surface area contributed by atoms with Crippen molar-refractivity contribution in [1.82, 2.24) is 15.0 Å². The van der Waals surface area contributed by atoms with E-state index >= 15 is 0 Å². The number of halogens is 4. The van der Waals surface area contributed by atoms with E-state index < -0.39 is 17.5 Å². The van der Waals surface area contributed by atoms with Crippen molar-refractivity contribution in [3.8, 4) is 16.9 Å². The van der Waals surface area contributed by atoms with Gasteiger partial charge in [0.1, 0.15) is 23.1 Å². The standard InChI is InChI=1S/C15H9ClF3N3/c16-8-14-15(9-4-11(18)6-12(19)5-9)22(21-20-14)13-3-1-2-10(17)7-13/h1-7H,8H2. The average Bonchev–Trinajstić information content (AvgIpc) is 2.90. The minimum atomic E-state index is -0.734. The van der Waals surface area contributed by atoms with E-state index in [1.165, 1.54) is 22.9 Å². The fraction of sp³-hybridized carbons (Fsp3) is 0.0667. The van der Waals surface area contributed by atoms with E-state index in [1.54, 1.807) is 6.07 Å². The molecule has 3 rings (SSSR count). The zero-order valence-corrected chi connectivity index (χ0v) is 11.9. The van der Waals surface area contributed by atoms with Gasteiger partial charge in [0.25, 0.3) is 0 Å². The van der Waals surface area contributed by atoms with E-state index in [0.29, 0.717) is 17.1 Å². The van der Waals surface area contributed by atoms with Gasteiger partial charge in [-0.15, -0.1) is 16.7 Å². The molecular formula is C15H9ClF3N3. The van der Waals surface area contributed by atoms with Crippen LogP contribution in [0.4, 0.5) is 13.2 Å². The van der Waals surface area contributed by atoms with Crippen molar-refractivity contribution in [2.24, 2.45) is 0 Å². The van der Waals surface area contributed by atoms with Gasteiger partial charge in [0.2, 0.25) is 0 Å². The van der Waals surface area contributed by atoms with Gasteiger partial charge in [-0.1, -0.05) is 11.3 Å². The largest absolute Gasteiger partial charge is 0.212 e. The molecule has 0 saturated heterocycles. The molecule has 0 unspecified atom stereocenters. The van der Waals surface area contributed by atoms with Gasteiger partial charge < -0.3 is 0 Å². The molecule has 0 atom stereocenters. The third-order valence-electron chi connectivity index (χ3n) is 3.06. The molecule has 2 aromatic carbocycles. The summed E-state index contributed by atoms with van der Waals surface area (Å²) in [6.07, 6.45) is 0. The van der Waals surface area contributed by atoms with Gasteiger partial charge in [0.15, 0.2) is 0 Å². The second-order valence-corrected chi connectivity index (χ2v) is 4.84. The van der Waals surface area contributed by atoms with Crippen LogP contribution < -0.4 is 0 Å². The van der Waals surface area contributed by atoms with Gasteiger partial charge in [-0.2, -0.15) is 0 Å². The van der Waals surface area contributed by atoms with E-state index in [9.17, 15) is 13.2 Å². The van der Waals surface area contributed by atoms with Crippen molar-refractivity contribution >= 4 is 11.6 Å². The summed E-state index contributed by atoms with van der Waals surface area (Å²) >= 11 is 5.82. The summed E-state index contributed by atoms with van der Waals surface area (Å²) in [6.45, 7) is 0. The predicted octanol–water partition coefficient (Wildman–Crippen LogP) is 4.09. The third kappa shape index (κ3) is 2.69. The maximum Gasteiger partial charge on any atom is 0.126 e. The van der Waals surface area contributed by atoms with E-state index in [2.05, 4.69) is 10.3 Å². The molecule has 0 bridgehead atoms. The molecule has 112 valence electrons. The van der Waals surface area contributed by atoms with E-state index in [4.69, 9.17) is 11.6 Å². The first-order valence-electron chi connectivity index (χ1n) is 6.31. The second-order valence-electron chi connectivity index (χ2n) is 4.57. The van der Waals surface area contributed by atoms with Gasteiger partial charge in [-0.05, 0) is 30.3 Å². The van der Waals surface area contributed by atoms with Gasteiger partial charge in [0, 0.05) is 11.6 Å². The molecular weight excluding hydrogens is 315 g/mol. The zero-order valence-electron chi connectivity index (χ0n) is 11.1. The lowest BCUT2D eigenvalue weighted by Crippen LogP contribution is -2.01. The number of benzene rings is 2. The summed E-state index contributed by atoms with van der Waals surface area (Å²) in [6, 6.07) is 8.69. The molecule has 0 amide bonds. The number of aromatic nitrogens is 3. The van der Waals surface area contributed by atoms with Crippen LogP contribution in [0.3, 0.4) is 0 Å². The first kappa shape index (κ1) is 14.6. The molecule has 0 fully saturated rings. The average molecular weight is 324 g/mol. The van der Waals surface area contributed by atoms with Crippen LogP contribution >= 0.6 is 11.6 Å². The van der Waals surface area contributed by atoms with E-state index in [-0.39, 0.29) is 11.4 Å². The van der Waals surface area contributed by atoms with Crippen LogP contribution in [0.5, 0.6) is 0 Å². The quantitative estimate of drug-likeness (QED) is 0.680. The SMILES string of the molecule is Fc1cc(F)cc(-c2c(CCl)nnn2-c2cccc(F)c2)c1. The Labute approximate surface area is 129 Å². The molecule has 0 aliphatic carbocycles. The van der Waals surface area contributed by atoms with Crippen LogP contribution in [-0.4, -0.2) is 15.0 Å². The molecule has 1 aromatic heterocycles. The zero-order chi connectivity index (χ0) is 15.7. The number of rotatable bonds is 3. The Hall–Kier alpha value is -2.34. The van der Waals surface area contributed by atoms with Gasteiger partial charge >= 0.3 is 0 Å². The number of hydrogen-bond donors (Lipinski definition) is 0. The first-order valence-corrected chi connectivity index (χ1v) is 6.85. The molecule has 3 aromatic rings. The molecule has 3 nitrogen and oxygen atoms in total. The second kappa shape index (κ2) is 5.81. The highest BCUT2D eigenvalue weighted by molar-refractivity contribution is 6.17. The van der Waals surface area contributed by atoms with Crippen molar-refractivity contribution in [3.05, 3.63) is 65.6 Å². The molecule has 22 heavy (non-hydrogen) atoms. The highest BCUT2D eigenvalue weighted by atomic mass is 35.5. The highest BCUT2D eigenvalue weighted by Gasteiger charge is 2.17. The maximum absolute atomic E-state index is 13.5. The Bertz CT molecular complexity index is 812. The molecule has 0 N–H and O–H groups in total. The summed E-state index contributed by atoms with van der Waals surface area (Å²) in [5.41, 5.74) is 1.26. The smallest absolute Gasteiger partial charge is 0.126 e. The van der Waals surface area contributed by atoms with Gasteiger partial charge in [-0.3, -0.25) is 0 Å². The summed E-state index contributed by atoms with van der Waals surface area (Å²) in [7, 11) is 0. The number of alkyl halides is 1. The van der Waals surface area contributed by atoms with Crippen LogP contribution in [0, 0.1) is 17.5 Å². The lowest BCUT2D eigenvalue weighted by atomic mass is 10.1.